The van der Waals surface area contributed by atoms with Gasteiger partial charge in [-0.25, -0.2) is 14.7 Å². The first-order valence-corrected chi connectivity index (χ1v) is 9.11. The number of urea groups is 1. The predicted molar refractivity (Wildman–Crippen MR) is 102 cm³/mol. The van der Waals surface area contributed by atoms with Crippen LogP contribution in [-0.4, -0.2) is 65.0 Å². The van der Waals surface area contributed by atoms with Gasteiger partial charge in [0.1, 0.15) is 24.1 Å². The zero-order valence-corrected chi connectivity index (χ0v) is 16.3. The van der Waals surface area contributed by atoms with Crippen LogP contribution in [0.25, 0.3) is 0 Å². The van der Waals surface area contributed by atoms with Crippen LogP contribution in [-0.2, 0) is 14.4 Å². The molecule has 0 radical (unpaired) electrons. The molecule has 1 aromatic heterocycles. The van der Waals surface area contributed by atoms with Crippen LogP contribution in [0.5, 0.6) is 5.75 Å². The van der Waals surface area contributed by atoms with Crippen LogP contribution in [0.2, 0.25) is 0 Å². The molecule has 1 fully saturated rings. The fourth-order valence-corrected chi connectivity index (χ4v) is 3.36. The molecule has 154 valence electrons. The highest BCUT2D eigenvalue weighted by atomic mass is 16.5. The van der Waals surface area contributed by atoms with Crippen molar-refractivity contribution in [2.75, 3.05) is 20.7 Å². The van der Waals surface area contributed by atoms with E-state index < -0.39 is 36.3 Å². The van der Waals surface area contributed by atoms with Crippen molar-refractivity contribution in [3.8, 4) is 5.75 Å². The Labute approximate surface area is 171 Å². The molecule has 3 heterocycles. The number of furan rings is 1. The Morgan fingerprint density at radius 3 is 2.47 bits per heavy atom. The molecule has 2 aromatic rings. The van der Waals surface area contributed by atoms with Crippen molar-refractivity contribution in [1.82, 2.24) is 14.8 Å². The SMILES string of the molecule is COc1ccc(C2=NN(C(=O)CN3C(=O)C(=O)N(C)C3=O)[C@@H](c3ccco3)C2)cc1. The minimum atomic E-state index is -1.04. The van der Waals surface area contributed by atoms with Crippen molar-refractivity contribution < 1.29 is 28.3 Å². The average Bonchev–Trinajstić information content (AvgIpc) is 3.48. The average molecular weight is 410 g/mol. The second kappa shape index (κ2) is 7.47. The summed E-state index contributed by atoms with van der Waals surface area (Å²) in [5.41, 5.74) is 1.44. The number of hydrogen-bond donors (Lipinski definition) is 0. The van der Waals surface area contributed by atoms with Gasteiger partial charge in [0.05, 0.1) is 19.1 Å². The van der Waals surface area contributed by atoms with Crippen molar-refractivity contribution in [3.63, 3.8) is 0 Å². The lowest BCUT2D eigenvalue weighted by Crippen LogP contribution is -2.41. The van der Waals surface area contributed by atoms with E-state index in [-0.39, 0.29) is 0 Å². The zero-order chi connectivity index (χ0) is 21.4. The Hall–Kier alpha value is -3.95. The van der Waals surface area contributed by atoms with E-state index >= 15 is 0 Å². The second-order valence-corrected chi connectivity index (χ2v) is 6.79. The summed E-state index contributed by atoms with van der Waals surface area (Å²) in [4.78, 5) is 50.1. The topological polar surface area (TPSA) is 113 Å². The number of hydrazone groups is 1. The van der Waals surface area contributed by atoms with E-state index in [1.54, 1.807) is 31.4 Å². The Morgan fingerprint density at radius 1 is 1.17 bits per heavy atom. The van der Waals surface area contributed by atoms with Gasteiger partial charge in [-0.1, -0.05) is 0 Å². The van der Waals surface area contributed by atoms with Gasteiger partial charge in [0, 0.05) is 13.5 Å². The number of amides is 5. The zero-order valence-electron chi connectivity index (χ0n) is 16.3. The highest BCUT2D eigenvalue weighted by molar-refractivity contribution is 6.44. The number of ether oxygens (including phenoxy) is 1. The van der Waals surface area contributed by atoms with Crippen molar-refractivity contribution in [2.24, 2.45) is 5.10 Å². The van der Waals surface area contributed by atoms with Gasteiger partial charge >= 0.3 is 17.8 Å². The minimum absolute atomic E-state index is 0.381. The van der Waals surface area contributed by atoms with E-state index in [9.17, 15) is 19.2 Å². The lowest BCUT2D eigenvalue weighted by Gasteiger charge is -2.21. The van der Waals surface area contributed by atoms with Crippen LogP contribution >= 0.6 is 0 Å². The molecule has 0 N–H and O–H groups in total. The maximum absolute atomic E-state index is 13.0. The number of carbonyl (C=O) groups is 4. The molecule has 0 saturated carbocycles. The molecule has 1 atom stereocenters. The number of imide groups is 2. The third kappa shape index (κ3) is 3.21. The van der Waals surface area contributed by atoms with Crippen molar-refractivity contribution >= 4 is 29.5 Å². The second-order valence-electron chi connectivity index (χ2n) is 6.79. The lowest BCUT2D eigenvalue weighted by atomic mass is 10.0. The Morgan fingerprint density at radius 2 is 1.90 bits per heavy atom. The van der Waals surface area contributed by atoms with Crippen LogP contribution in [0.15, 0.2) is 52.2 Å². The number of benzene rings is 1. The highest BCUT2D eigenvalue weighted by Crippen LogP contribution is 2.33. The van der Waals surface area contributed by atoms with E-state index in [1.807, 2.05) is 12.1 Å². The van der Waals surface area contributed by atoms with E-state index in [0.717, 1.165) is 5.56 Å². The molecular weight excluding hydrogens is 392 g/mol. The Kier molecular flexibility index (Phi) is 4.82. The third-order valence-electron chi connectivity index (χ3n) is 5.00. The Balaban J connectivity index is 1.61. The summed E-state index contributed by atoms with van der Waals surface area (Å²) in [7, 11) is 2.76. The minimum Gasteiger partial charge on any atom is -0.497 e. The van der Waals surface area contributed by atoms with E-state index in [4.69, 9.17) is 9.15 Å². The highest BCUT2D eigenvalue weighted by Gasteiger charge is 2.45. The molecule has 4 rings (SSSR count). The van der Waals surface area contributed by atoms with Gasteiger partial charge in [-0.05, 0) is 42.0 Å². The van der Waals surface area contributed by atoms with E-state index in [1.165, 1.54) is 18.3 Å². The largest absolute Gasteiger partial charge is 0.497 e. The normalized spacial score (nSPS) is 19.0. The molecule has 30 heavy (non-hydrogen) atoms. The summed E-state index contributed by atoms with van der Waals surface area (Å²) in [5.74, 6) is -1.41. The molecule has 1 saturated heterocycles. The summed E-state index contributed by atoms with van der Waals surface area (Å²) < 4.78 is 10.6. The molecular formula is C20H18N4O6. The van der Waals surface area contributed by atoms with Gasteiger partial charge in [-0.15, -0.1) is 0 Å². The third-order valence-corrected chi connectivity index (χ3v) is 5.00. The van der Waals surface area contributed by atoms with Gasteiger partial charge in [0.25, 0.3) is 5.91 Å². The molecule has 0 spiro atoms. The van der Waals surface area contributed by atoms with Crippen molar-refractivity contribution in [3.05, 3.63) is 54.0 Å². The van der Waals surface area contributed by atoms with Gasteiger partial charge in [0.2, 0.25) is 0 Å². The maximum atomic E-state index is 13.0. The summed E-state index contributed by atoms with van der Waals surface area (Å²) in [6, 6.07) is 9.27. The lowest BCUT2D eigenvalue weighted by molar-refractivity contribution is -0.145. The molecule has 10 heteroatoms. The fraction of sp³-hybridized carbons (Fsp3) is 0.250. The van der Waals surface area contributed by atoms with Gasteiger partial charge in [0.15, 0.2) is 0 Å². The molecule has 0 unspecified atom stereocenters. The smallest absolute Gasteiger partial charge is 0.334 e. The van der Waals surface area contributed by atoms with Crippen molar-refractivity contribution in [1.29, 1.82) is 0 Å². The van der Waals surface area contributed by atoms with Gasteiger partial charge in [-0.3, -0.25) is 19.3 Å². The standard InChI is InChI=1S/C20H18N4O6/c1-22-18(26)19(27)23(20(22)28)11-17(25)24-15(16-4-3-9-30-16)10-14(21-24)12-5-7-13(29-2)8-6-12/h3-9,15H,10-11H2,1-2H3/t15-/m1/s1. The van der Waals surface area contributed by atoms with Crippen LogP contribution in [0.1, 0.15) is 23.8 Å². The summed E-state index contributed by atoms with van der Waals surface area (Å²) in [6.07, 6.45) is 1.87. The van der Waals surface area contributed by atoms with Crippen LogP contribution in [0.4, 0.5) is 4.79 Å². The molecule has 0 aliphatic carbocycles. The number of rotatable bonds is 5. The van der Waals surface area contributed by atoms with E-state index in [2.05, 4.69) is 5.10 Å². The molecule has 2 aliphatic heterocycles. The molecule has 2 aliphatic rings. The first-order chi connectivity index (χ1) is 14.4. The van der Waals surface area contributed by atoms with E-state index in [0.29, 0.717) is 33.4 Å². The first kappa shape index (κ1) is 19.4. The number of nitrogens with zero attached hydrogens (tertiary/aromatic N) is 4. The predicted octanol–water partition coefficient (Wildman–Crippen LogP) is 1.39. The van der Waals surface area contributed by atoms with Gasteiger partial charge in [-0.2, -0.15) is 5.10 Å². The molecule has 0 bridgehead atoms. The summed E-state index contributed by atoms with van der Waals surface area (Å²) >= 11 is 0. The van der Waals surface area contributed by atoms with Gasteiger partial charge < -0.3 is 9.15 Å². The quantitative estimate of drug-likeness (QED) is 0.544. The molecule has 1 aromatic carbocycles. The van der Waals surface area contributed by atoms with Crippen LogP contribution in [0, 0.1) is 0 Å². The molecule has 5 amide bonds. The number of carbonyl (C=O) groups excluding carboxylic acids is 4. The summed E-state index contributed by atoms with van der Waals surface area (Å²) in [5, 5.41) is 5.63. The summed E-state index contributed by atoms with van der Waals surface area (Å²) in [6.45, 7) is -0.593. The first-order valence-electron chi connectivity index (χ1n) is 9.11. The number of likely N-dealkylation sites (N-methyl/N-ethyl adjacent to an activating group) is 1. The fourth-order valence-electron chi connectivity index (χ4n) is 3.36. The van der Waals surface area contributed by atoms with Crippen molar-refractivity contribution in [2.45, 2.75) is 12.5 Å². The monoisotopic (exact) mass is 410 g/mol. The molecule has 10 nitrogen and oxygen atoms in total. The van der Waals surface area contributed by atoms with Crippen LogP contribution < -0.4 is 4.74 Å². The number of methoxy groups -OCH3 is 1. The maximum Gasteiger partial charge on any atom is 0.334 e. The Bertz CT molecular complexity index is 1040. The number of hydrogen-bond acceptors (Lipinski definition) is 7. The van der Waals surface area contributed by atoms with Crippen LogP contribution in [0.3, 0.4) is 0 Å².